The van der Waals surface area contributed by atoms with Crippen molar-refractivity contribution in [2.75, 3.05) is 11.9 Å². The van der Waals surface area contributed by atoms with Crippen LogP contribution in [0, 0.1) is 0 Å². The van der Waals surface area contributed by atoms with Gasteiger partial charge in [-0.2, -0.15) is 0 Å². The molecule has 22 heavy (non-hydrogen) atoms. The molecule has 0 aromatic heterocycles. The maximum atomic E-state index is 12.3. The summed E-state index contributed by atoms with van der Waals surface area (Å²) in [6.07, 6.45) is 1.02. The topological polar surface area (TPSA) is 47.6 Å². The highest BCUT2D eigenvalue weighted by Crippen LogP contribution is 2.38. The molecule has 1 aliphatic rings. The number of fused-ring (bicyclic) bond motifs is 1. The Bertz CT molecular complexity index is 682. The summed E-state index contributed by atoms with van der Waals surface area (Å²) in [7, 11) is 0. The standard InChI is InChI=1S/C18H19NO3/c1-3-21-17-10-14-9-12(2)22-16(14)11-15(17)19-18(20)13-7-5-4-6-8-13/h4-8,10-12H,3,9H2,1-2H3,(H,19,20). The number of carbonyl (C=O) groups excluding carboxylic acids is 1. The van der Waals surface area contributed by atoms with Gasteiger partial charge < -0.3 is 14.8 Å². The molecular weight excluding hydrogens is 278 g/mol. The quantitative estimate of drug-likeness (QED) is 0.937. The molecular formula is C18H19NO3. The van der Waals surface area contributed by atoms with Gasteiger partial charge in [0.15, 0.2) is 0 Å². The van der Waals surface area contributed by atoms with E-state index >= 15 is 0 Å². The summed E-state index contributed by atoms with van der Waals surface area (Å²) in [5.74, 6) is 1.34. The van der Waals surface area contributed by atoms with Gasteiger partial charge in [0.25, 0.3) is 5.91 Å². The van der Waals surface area contributed by atoms with Crippen LogP contribution in [-0.4, -0.2) is 18.6 Å². The van der Waals surface area contributed by atoms with Crippen LogP contribution in [0.4, 0.5) is 5.69 Å². The first-order valence-corrected chi connectivity index (χ1v) is 7.50. The maximum absolute atomic E-state index is 12.3. The SMILES string of the molecule is CCOc1cc2c(cc1NC(=O)c1ccccc1)OC(C)C2. The Balaban J connectivity index is 1.89. The molecule has 0 saturated carbocycles. The zero-order valence-corrected chi connectivity index (χ0v) is 12.8. The number of hydrogen-bond acceptors (Lipinski definition) is 3. The fourth-order valence-corrected chi connectivity index (χ4v) is 2.60. The van der Waals surface area contributed by atoms with Crippen LogP contribution in [0.15, 0.2) is 42.5 Å². The molecule has 2 aromatic carbocycles. The highest BCUT2D eigenvalue weighted by atomic mass is 16.5. The minimum absolute atomic E-state index is 0.157. The average molecular weight is 297 g/mol. The summed E-state index contributed by atoms with van der Waals surface area (Å²) in [5.41, 5.74) is 2.37. The van der Waals surface area contributed by atoms with Crippen LogP contribution in [0.3, 0.4) is 0 Å². The van der Waals surface area contributed by atoms with Gasteiger partial charge >= 0.3 is 0 Å². The van der Waals surface area contributed by atoms with E-state index in [-0.39, 0.29) is 12.0 Å². The van der Waals surface area contributed by atoms with E-state index in [2.05, 4.69) is 5.32 Å². The number of carbonyl (C=O) groups is 1. The molecule has 1 aliphatic heterocycles. The molecule has 4 heteroatoms. The summed E-state index contributed by atoms with van der Waals surface area (Å²) in [6, 6.07) is 12.9. The Kier molecular flexibility index (Phi) is 4.00. The van der Waals surface area contributed by atoms with Crippen molar-refractivity contribution in [1.82, 2.24) is 0 Å². The van der Waals surface area contributed by atoms with Crippen LogP contribution >= 0.6 is 0 Å². The fraction of sp³-hybridized carbons (Fsp3) is 0.278. The van der Waals surface area contributed by atoms with Gasteiger partial charge in [-0.15, -0.1) is 0 Å². The predicted octanol–water partition coefficient (Wildman–Crippen LogP) is 3.66. The second-order valence-electron chi connectivity index (χ2n) is 5.34. The van der Waals surface area contributed by atoms with Crippen molar-refractivity contribution in [3.63, 3.8) is 0 Å². The minimum Gasteiger partial charge on any atom is -0.492 e. The number of rotatable bonds is 4. The third kappa shape index (κ3) is 2.91. The fourth-order valence-electron chi connectivity index (χ4n) is 2.60. The Morgan fingerprint density at radius 2 is 2.09 bits per heavy atom. The Morgan fingerprint density at radius 3 is 2.82 bits per heavy atom. The van der Waals surface area contributed by atoms with Crippen LogP contribution in [0.1, 0.15) is 29.8 Å². The molecule has 1 N–H and O–H groups in total. The van der Waals surface area contributed by atoms with Gasteiger partial charge in [0.05, 0.1) is 12.3 Å². The normalized spacial score (nSPS) is 15.8. The van der Waals surface area contributed by atoms with Crippen LogP contribution in [0.25, 0.3) is 0 Å². The molecule has 1 amide bonds. The summed E-state index contributed by atoms with van der Waals surface area (Å²) in [6.45, 7) is 4.50. The van der Waals surface area contributed by atoms with Crippen LogP contribution in [-0.2, 0) is 6.42 Å². The van der Waals surface area contributed by atoms with Gasteiger partial charge in [-0.25, -0.2) is 0 Å². The van der Waals surface area contributed by atoms with Gasteiger partial charge in [0.2, 0.25) is 0 Å². The molecule has 0 aliphatic carbocycles. The average Bonchev–Trinajstić information content (AvgIpc) is 2.87. The summed E-state index contributed by atoms with van der Waals surface area (Å²) in [5, 5.41) is 2.91. The number of ether oxygens (including phenoxy) is 2. The number of anilines is 1. The lowest BCUT2D eigenvalue weighted by Crippen LogP contribution is -2.13. The Labute approximate surface area is 130 Å². The zero-order valence-electron chi connectivity index (χ0n) is 12.8. The lowest BCUT2D eigenvalue weighted by atomic mass is 10.1. The van der Waals surface area contributed by atoms with Gasteiger partial charge in [0.1, 0.15) is 17.6 Å². The van der Waals surface area contributed by atoms with E-state index in [9.17, 15) is 4.79 Å². The first-order valence-electron chi connectivity index (χ1n) is 7.50. The molecule has 0 bridgehead atoms. The van der Waals surface area contributed by atoms with E-state index in [1.54, 1.807) is 12.1 Å². The van der Waals surface area contributed by atoms with Crippen molar-refractivity contribution < 1.29 is 14.3 Å². The van der Waals surface area contributed by atoms with Crippen molar-refractivity contribution in [3.05, 3.63) is 53.6 Å². The number of amides is 1. The van der Waals surface area contributed by atoms with Crippen LogP contribution < -0.4 is 14.8 Å². The third-order valence-corrected chi connectivity index (χ3v) is 3.58. The second-order valence-corrected chi connectivity index (χ2v) is 5.34. The van der Waals surface area contributed by atoms with Crippen LogP contribution in [0.2, 0.25) is 0 Å². The third-order valence-electron chi connectivity index (χ3n) is 3.58. The first-order chi connectivity index (χ1) is 10.7. The van der Waals surface area contributed by atoms with E-state index in [1.807, 2.05) is 44.2 Å². The van der Waals surface area contributed by atoms with Crippen molar-refractivity contribution in [1.29, 1.82) is 0 Å². The zero-order chi connectivity index (χ0) is 15.5. The van der Waals surface area contributed by atoms with Crippen molar-refractivity contribution in [3.8, 4) is 11.5 Å². The van der Waals surface area contributed by atoms with Crippen LogP contribution in [0.5, 0.6) is 11.5 Å². The van der Waals surface area contributed by atoms with Gasteiger partial charge in [-0.05, 0) is 32.0 Å². The predicted molar refractivity (Wildman–Crippen MR) is 85.8 cm³/mol. The monoisotopic (exact) mass is 297 g/mol. The summed E-state index contributed by atoms with van der Waals surface area (Å²) >= 11 is 0. The van der Waals surface area contributed by atoms with E-state index in [4.69, 9.17) is 9.47 Å². The highest BCUT2D eigenvalue weighted by Gasteiger charge is 2.22. The molecule has 114 valence electrons. The van der Waals surface area contributed by atoms with E-state index in [1.165, 1.54) is 0 Å². The molecule has 2 aromatic rings. The van der Waals surface area contributed by atoms with Gasteiger partial charge in [-0.3, -0.25) is 4.79 Å². The molecule has 0 radical (unpaired) electrons. The smallest absolute Gasteiger partial charge is 0.255 e. The maximum Gasteiger partial charge on any atom is 0.255 e. The Hall–Kier alpha value is -2.49. The molecule has 3 rings (SSSR count). The Morgan fingerprint density at radius 1 is 1.32 bits per heavy atom. The van der Waals surface area contributed by atoms with E-state index in [0.717, 1.165) is 17.7 Å². The summed E-state index contributed by atoms with van der Waals surface area (Å²) < 4.78 is 11.4. The molecule has 0 fully saturated rings. The molecule has 0 spiro atoms. The summed E-state index contributed by atoms with van der Waals surface area (Å²) in [4.78, 5) is 12.3. The first kappa shape index (κ1) is 14.4. The van der Waals surface area contributed by atoms with Crippen molar-refractivity contribution >= 4 is 11.6 Å². The number of hydrogen-bond donors (Lipinski definition) is 1. The largest absolute Gasteiger partial charge is 0.492 e. The molecule has 1 atom stereocenters. The lowest BCUT2D eigenvalue weighted by Gasteiger charge is -2.13. The van der Waals surface area contributed by atoms with E-state index in [0.29, 0.717) is 23.6 Å². The minimum atomic E-state index is -0.160. The molecule has 1 unspecified atom stereocenters. The van der Waals surface area contributed by atoms with Gasteiger partial charge in [-0.1, -0.05) is 18.2 Å². The lowest BCUT2D eigenvalue weighted by molar-refractivity contribution is 0.102. The number of nitrogens with one attached hydrogen (secondary N) is 1. The van der Waals surface area contributed by atoms with Crippen molar-refractivity contribution in [2.45, 2.75) is 26.4 Å². The molecule has 4 nitrogen and oxygen atoms in total. The van der Waals surface area contributed by atoms with E-state index < -0.39 is 0 Å². The highest BCUT2D eigenvalue weighted by molar-refractivity contribution is 6.05. The number of benzene rings is 2. The molecule has 0 saturated heterocycles. The molecule has 1 heterocycles. The van der Waals surface area contributed by atoms with Crippen molar-refractivity contribution in [2.24, 2.45) is 0 Å². The second kappa shape index (κ2) is 6.10. The van der Waals surface area contributed by atoms with Gasteiger partial charge in [0, 0.05) is 23.6 Å².